The largest absolute Gasteiger partial charge is 0.423 e. The van der Waals surface area contributed by atoms with Crippen LogP contribution in [0.15, 0.2) is 133 Å². The third kappa shape index (κ3) is 6.18. The Morgan fingerprint density at radius 1 is 0.429 bits per heavy atom. The molecule has 0 aliphatic rings. The molecule has 0 unspecified atom stereocenters. The molecule has 0 saturated carbocycles. The summed E-state index contributed by atoms with van der Waals surface area (Å²) in [5, 5.41) is 0. The molecule has 0 spiro atoms. The summed E-state index contributed by atoms with van der Waals surface area (Å²) >= 11 is 0. The minimum absolute atomic E-state index is 0.198. The third-order valence-corrected chi connectivity index (χ3v) is 7.90. The molecule has 5 aromatic carbocycles. The molecule has 0 aliphatic carbocycles. The molecule has 0 heterocycles. The van der Waals surface area contributed by atoms with Gasteiger partial charge in [0.15, 0.2) is 0 Å². The first-order valence-corrected chi connectivity index (χ1v) is 14.0. The fraction of sp³-hybridized carbons (Fsp3) is 0.158. The molecule has 4 nitrogen and oxygen atoms in total. The average molecular weight is 555 g/mol. The highest BCUT2D eigenvalue weighted by Gasteiger charge is 2.24. The van der Waals surface area contributed by atoms with Gasteiger partial charge in [0.05, 0.1) is 11.1 Å². The number of benzene rings is 5. The van der Waals surface area contributed by atoms with Gasteiger partial charge in [-0.25, -0.2) is 9.59 Å². The number of ether oxygens (including phenoxy) is 2. The van der Waals surface area contributed by atoms with Gasteiger partial charge in [-0.05, 0) is 64.7 Å². The number of hydrogen-bond acceptors (Lipinski definition) is 4. The van der Waals surface area contributed by atoms with Crippen LogP contribution in [0.25, 0.3) is 0 Å². The topological polar surface area (TPSA) is 52.6 Å². The molecular formula is C38H34O4. The number of carbonyl (C=O) groups excluding carboxylic acids is 2. The van der Waals surface area contributed by atoms with E-state index in [4.69, 9.17) is 9.47 Å². The van der Waals surface area contributed by atoms with E-state index in [9.17, 15) is 9.59 Å². The molecule has 210 valence electrons. The maximum absolute atomic E-state index is 12.9. The summed E-state index contributed by atoms with van der Waals surface area (Å²) in [6.45, 7) is 8.64. The normalized spacial score (nSPS) is 11.5. The third-order valence-electron chi connectivity index (χ3n) is 7.90. The molecule has 0 fully saturated rings. The van der Waals surface area contributed by atoms with E-state index in [-0.39, 0.29) is 22.0 Å². The smallest absolute Gasteiger partial charge is 0.343 e. The van der Waals surface area contributed by atoms with Gasteiger partial charge in [0.2, 0.25) is 0 Å². The second kappa shape index (κ2) is 11.9. The summed E-state index contributed by atoms with van der Waals surface area (Å²) in [5.41, 5.74) is 4.74. The SMILES string of the molecule is CC(C)(c1ccccc1)c1ccc(OC(=O)c2cccc(C(=O)Oc3ccc(C(C)(C)c4ccccc4)cc3)c2)cc1. The van der Waals surface area contributed by atoms with Crippen molar-refractivity contribution in [1.29, 1.82) is 0 Å². The van der Waals surface area contributed by atoms with Crippen molar-refractivity contribution in [2.45, 2.75) is 38.5 Å². The van der Waals surface area contributed by atoms with Crippen LogP contribution in [0, 0.1) is 0 Å². The number of esters is 2. The van der Waals surface area contributed by atoms with Gasteiger partial charge in [-0.2, -0.15) is 0 Å². The quantitative estimate of drug-likeness (QED) is 0.142. The summed E-state index contributed by atoms with van der Waals surface area (Å²) < 4.78 is 11.2. The number of carbonyl (C=O) groups is 2. The molecular weight excluding hydrogens is 520 g/mol. The van der Waals surface area contributed by atoms with Crippen molar-refractivity contribution in [2.75, 3.05) is 0 Å². The zero-order chi connectivity index (χ0) is 29.7. The Kier molecular flexibility index (Phi) is 8.08. The zero-order valence-electron chi connectivity index (χ0n) is 24.3. The molecule has 0 aliphatic heterocycles. The molecule has 4 heteroatoms. The van der Waals surface area contributed by atoms with E-state index in [1.165, 1.54) is 17.2 Å². The van der Waals surface area contributed by atoms with Crippen molar-refractivity contribution in [2.24, 2.45) is 0 Å². The average Bonchev–Trinajstić information content (AvgIpc) is 3.02. The van der Waals surface area contributed by atoms with Crippen LogP contribution in [0.4, 0.5) is 0 Å². The first-order chi connectivity index (χ1) is 20.1. The van der Waals surface area contributed by atoms with Crippen molar-refractivity contribution in [1.82, 2.24) is 0 Å². The summed E-state index contributed by atoms with van der Waals surface area (Å²) in [6.07, 6.45) is 0. The van der Waals surface area contributed by atoms with Crippen molar-refractivity contribution in [3.8, 4) is 11.5 Å². The van der Waals surface area contributed by atoms with E-state index >= 15 is 0 Å². The highest BCUT2D eigenvalue weighted by molar-refractivity contribution is 5.96. The van der Waals surface area contributed by atoms with E-state index in [1.54, 1.807) is 42.5 Å². The van der Waals surface area contributed by atoms with Gasteiger partial charge in [0, 0.05) is 10.8 Å². The maximum Gasteiger partial charge on any atom is 0.343 e. The van der Waals surface area contributed by atoms with Gasteiger partial charge in [0.1, 0.15) is 11.5 Å². The molecule has 0 atom stereocenters. The van der Waals surface area contributed by atoms with Gasteiger partial charge < -0.3 is 9.47 Å². The van der Waals surface area contributed by atoms with Crippen LogP contribution < -0.4 is 9.47 Å². The minimum atomic E-state index is -0.549. The highest BCUT2D eigenvalue weighted by atomic mass is 16.5. The maximum atomic E-state index is 12.9. The van der Waals surface area contributed by atoms with Crippen LogP contribution in [0.2, 0.25) is 0 Å². The van der Waals surface area contributed by atoms with E-state index in [1.807, 2.05) is 60.7 Å². The van der Waals surface area contributed by atoms with Gasteiger partial charge in [-0.3, -0.25) is 0 Å². The summed E-state index contributed by atoms with van der Waals surface area (Å²) in [7, 11) is 0. The molecule has 0 bridgehead atoms. The lowest BCUT2D eigenvalue weighted by Crippen LogP contribution is -2.18. The van der Waals surface area contributed by atoms with Crippen molar-refractivity contribution in [3.63, 3.8) is 0 Å². The Morgan fingerprint density at radius 2 is 0.762 bits per heavy atom. The lowest BCUT2D eigenvalue weighted by atomic mass is 9.78. The number of rotatable bonds is 8. The van der Waals surface area contributed by atoms with Gasteiger partial charge in [-0.1, -0.05) is 119 Å². The van der Waals surface area contributed by atoms with Crippen LogP contribution in [0.1, 0.15) is 70.7 Å². The van der Waals surface area contributed by atoms with Crippen molar-refractivity contribution < 1.29 is 19.1 Å². The minimum Gasteiger partial charge on any atom is -0.423 e. The van der Waals surface area contributed by atoms with Gasteiger partial charge in [-0.15, -0.1) is 0 Å². The van der Waals surface area contributed by atoms with Crippen LogP contribution in [0.3, 0.4) is 0 Å². The first-order valence-electron chi connectivity index (χ1n) is 14.0. The molecule has 0 N–H and O–H groups in total. The molecule has 0 radical (unpaired) electrons. The summed E-state index contributed by atoms with van der Waals surface area (Å²) in [4.78, 5) is 25.8. The second-order valence-electron chi connectivity index (χ2n) is 11.4. The Labute approximate surface area is 247 Å². The fourth-order valence-electron chi connectivity index (χ4n) is 5.03. The summed E-state index contributed by atoms with van der Waals surface area (Å²) in [6, 6.07) is 41.9. The Morgan fingerprint density at radius 3 is 1.12 bits per heavy atom. The van der Waals surface area contributed by atoms with Crippen molar-refractivity contribution in [3.05, 3.63) is 167 Å². The highest BCUT2D eigenvalue weighted by Crippen LogP contribution is 2.33. The van der Waals surface area contributed by atoms with Gasteiger partial charge >= 0.3 is 11.9 Å². The lowest BCUT2D eigenvalue weighted by molar-refractivity contribution is 0.0734. The molecule has 5 aromatic rings. The van der Waals surface area contributed by atoms with E-state index < -0.39 is 11.9 Å². The lowest BCUT2D eigenvalue weighted by Gasteiger charge is -2.26. The predicted molar refractivity (Wildman–Crippen MR) is 166 cm³/mol. The standard InChI is InChI=1S/C38H34O4/c1-37(2,29-14-7-5-8-15-29)31-18-22-33(23-19-31)41-35(39)27-12-11-13-28(26-27)36(40)42-34-24-20-32(21-25-34)38(3,4)30-16-9-6-10-17-30/h5-26H,1-4H3. The van der Waals surface area contributed by atoms with Crippen molar-refractivity contribution >= 4 is 11.9 Å². The second-order valence-corrected chi connectivity index (χ2v) is 11.4. The van der Waals surface area contributed by atoms with E-state index in [0.29, 0.717) is 11.5 Å². The molecule has 0 amide bonds. The zero-order valence-corrected chi connectivity index (χ0v) is 24.3. The predicted octanol–water partition coefficient (Wildman–Crippen LogP) is 8.78. The Bertz CT molecular complexity index is 1540. The van der Waals surface area contributed by atoms with Crippen LogP contribution in [-0.4, -0.2) is 11.9 Å². The Balaban J connectivity index is 1.23. The number of hydrogen-bond donors (Lipinski definition) is 0. The molecule has 5 rings (SSSR count). The van der Waals surface area contributed by atoms with Crippen LogP contribution >= 0.6 is 0 Å². The Hall–Kier alpha value is -4.96. The van der Waals surface area contributed by atoms with Gasteiger partial charge in [0.25, 0.3) is 0 Å². The van der Waals surface area contributed by atoms with E-state index in [2.05, 4.69) is 52.0 Å². The monoisotopic (exact) mass is 554 g/mol. The summed E-state index contributed by atoms with van der Waals surface area (Å²) in [5.74, 6) is -0.238. The molecule has 0 saturated heterocycles. The molecule has 0 aromatic heterocycles. The first kappa shape index (κ1) is 28.6. The van der Waals surface area contributed by atoms with Crippen LogP contribution in [-0.2, 0) is 10.8 Å². The fourth-order valence-corrected chi connectivity index (χ4v) is 5.03. The van der Waals surface area contributed by atoms with Crippen LogP contribution in [0.5, 0.6) is 11.5 Å². The molecule has 42 heavy (non-hydrogen) atoms. The van der Waals surface area contributed by atoms with E-state index in [0.717, 1.165) is 11.1 Å².